The minimum Gasteiger partial charge on any atom is -0.497 e. The van der Waals surface area contributed by atoms with Crippen LogP contribution in [0.1, 0.15) is 30.0 Å². The van der Waals surface area contributed by atoms with Gasteiger partial charge in [0.1, 0.15) is 5.75 Å². The average Bonchev–Trinajstić information content (AvgIpc) is 2.96. The van der Waals surface area contributed by atoms with Gasteiger partial charge in [-0.2, -0.15) is 0 Å². The molecule has 2 heterocycles. The van der Waals surface area contributed by atoms with E-state index in [1.165, 1.54) is 24.0 Å². The summed E-state index contributed by atoms with van der Waals surface area (Å²) in [7, 11) is 1.72. The fourth-order valence-corrected chi connectivity index (χ4v) is 2.97. The summed E-state index contributed by atoms with van der Waals surface area (Å²) in [5, 5.41) is 0. The van der Waals surface area contributed by atoms with Gasteiger partial charge in [-0.25, -0.2) is 0 Å². The Kier molecular flexibility index (Phi) is 3.97. The lowest BCUT2D eigenvalue weighted by Crippen LogP contribution is -2.22. The summed E-state index contributed by atoms with van der Waals surface area (Å²) >= 11 is 0. The molecule has 104 valence electrons. The standard InChI is InChI=1S/C17H20N2O/c1-20-16-7-2-6-15(11-16)17-8-4-10-19(17)13-14-5-3-9-18-12-14/h2-3,5-7,9,11-12,17H,4,8,10,13H2,1H3/t17-/m0/s1. The van der Waals surface area contributed by atoms with Crippen LogP contribution in [0, 0.1) is 0 Å². The van der Waals surface area contributed by atoms with E-state index in [1.807, 2.05) is 24.5 Å². The van der Waals surface area contributed by atoms with Gasteiger partial charge in [0.2, 0.25) is 0 Å². The molecule has 0 aliphatic carbocycles. The summed E-state index contributed by atoms with van der Waals surface area (Å²) in [5.41, 5.74) is 2.63. The van der Waals surface area contributed by atoms with Crippen LogP contribution in [-0.4, -0.2) is 23.5 Å². The number of pyridine rings is 1. The predicted octanol–water partition coefficient (Wildman–Crippen LogP) is 3.43. The second kappa shape index (κ2) is 6.06. The number of nitrogens with zero attached hydrogens (tertiary/aromatic N) is 2. The molecule has 1 aliphatic heterocycles. The zero-order valence-electron chi connectivity index (χ0n) is 11.8. The minimum atomic E-state index is 0.491. The summed E-state index contributed by atoms with van der Waals surface area (Å²) in [6.45, 7) is 2.12. The van der Waals surface area contributed by atoms with Gasteiger partial charge in [0.25, 0.3) is 0 Å². The molecule has 0 saturated carbocycles. The van der Waals surface area contributed by atoms with Gasteiger partial charge in [-0.1, -0.05) is 18.2 Å². The smallest absolute Gasteiger partial charge is 0.119 e. The molecule has 2 aromatic rings. The Balaban J connectivity index is 1.78. The van der Waals surface area contributed by atoms with Crippen molar-refractivity contribution in [1.82, 2.24) is 9.88 Å². The van der Waals surface area contributed by atoms with Crippen LogP contribution in [0.3, 0.4) is 0 Å². The number of hydrogen-bond donors (Lipinski definition) is 0. The zero-order valence-corrected chi connectivity index (χ0v) is 11.8. The number of hydrogen-bond acceptors (Lipinski definition) is 3. The molecule has 0 bridgehead atoms. The summed E-state index contributed by atoms with van der Waals surface area (Å²) < 4.78 is 5.34. The molecular formula is C17H20N2O. The predicted molar refractivity (Wildman–Crippen MR) is 79.6 cm³/mol. The van der Waals surface area contributed by atoms with Crippen molar-refractivity contribution >= 4 is 0 Å². The molecular weight excluding hydrogens is 248 g/mol. The molecule has 20 heavy (non-hydrogen) atoms. The summed E-state index contributed by atoms with van der Waals surface area (Å²) in [6, 6.07) is 13.1. The van der Waals surface area contributed by atoms with Crippen molar-refractivity contribution in [3.63, 3.8) is 0 Å². The number of rotatable bonds is 4. The Hall–Kier alpha value is -1.87. The van der Waals surface area contributed by atoms with Crippen LogP contribution < -0.4 is 4.74 Å². The van der Waals surface area contributed by atoms with Gasteiger partial charge in [0.15, 0.2) is 0 Å². The summed E-state index contributed by atoms with van der Waals surface area (Å²) in [4.78, 5) is 6.74. The van der Waals surface area contributed by atoms with E-state index >= 15 is 0 Å². The van der Waals surface area contributed by atoms with E-state index in [0.29, 0.717) is 6.04 Å². The van der Waals surface area contributed by atoms with Gasteiger partial charge < -0.3 is 4.74 Å². The number of benzene rings is 1. The minimum absolute atomic E-state index is 0.491. The van der Waals surface area contributed by atoms with Crippen molar-refractivity contribution in [1.29, 1.82) is 0 Å². The van der Waals surface area contributed by atoms with Crippen LogP contribution in [0.5, 0.6) is 5.75 Å². The molecule has 0 spiro atoms. The van der Waals surface area contributed by atoms with Gasteiger partial charge in [0.05, 0.1) is 7.11 Å². The fourth-order valence-electron chi connectivity index (χ4n) is 2.97. The first-order chi connectivity index (χ1) is 9.86. The summed E-state index contributed by atoms with van der Waals surface area (Å²) in [6.07, 6.45) is 6.25. The molecule has 1 atom stereocenters. The van der Waals surface area contributed by atoms with Crippen LogP contribution in [0.25, 0.3) is 0 Å². The second-order valence-electron chi connectivity index (χ2n) is 5.27. The van der Waals surface area contributed by atoms with E-state index in [-0.39, 0.29) is 0 Å². The lowest BCUT2D eigenvalue weighted by atomic mass is 10.0. The van der Waals surface area contributed by atoms with Crippen molar-refractivity contribution in [2.45, 2.75) is 25.4 Å². The highest BCUT2D eigenvalue weighted by Crippen LogP contribution is 2.34. The topological polar surface area (TPSA) is 25.4 Å². The van der Waals surface area contributed by atoms with Gasteiger partial charge in [-0.05, 0) is 48.7 Å². The molecule has 3 heteroatoms. The van der Waals surface area contributed by atoms with Crippen LogP contribution >= 0.6 is 0 Å². The third kappa shape index (κ3) is 2.83. The highest BCUT2D eigenvalue weighted by Gasteiger charge is 2.26. The van der Waals surface area contributed by atoms with Crippen LogP contribution in [0.15, 0.2) is 48.8 Å². The molecule has 0 radical (unpaired) electrons. The van der Waals surface area contributed by atoms with E-state index in [2.05, 4.69) is 34.1 Å². The first kappa shape index (κ1) is 13.1. The monoisotopic (exact) mass is 268 g/mol. The number of likely N-dealkylation sites (tertiary alicyclic amines) is 1. The van der Waals surface area contributed by atoms with Crippen LogP contribution in [0.2, 0.25) is 0 Å². The van der Waals surface area contributed by atoms with E-state index in [9.17, 15) is 0 Å². The van der Waals surface area contributed by atoms with E-state index in [4.69, 9.17) is 4.74 Å². The Labute approximate surface area is 120 Å². The van der Waals surface area contributed by atoms with Gasteiger partial charge >= 0.3 is 0 Å². The Morgan fingerprint density at radius 1 is 1.30 bits per heavy atom. The van der Waals surface area contributed by atoms with Gasteiger partial charge in [-0.15, -0.1) is 0 Å². The Bertz CT molecular complexity index is 556. The van der Waals surface area contributed by atoms with E-state index in [1.54, 1.807) is 7.11 Å². The van der Waals surface area contributed by atoms with Crippen molar-refractivity contribution in [3.8, 4) is 5.75 Å². The lowest BCUT2D eigenvalue weighted by Gasteiger charge is -2.25. The molecule has 3 nitrogen and oxygen atoms in total. The average molecular weight is 268 g/mol. The van der Waals surface area contributed by atoms with Gasteiger partial charge in [-0.3, -0.25) is 9.88 Å². The van der Waals surface area contributed by atoms with Crippen molar-refractivity contribution < 1.29 is 4.74 Å². The van der Waals surface area contributed by atoms with Crippen LogP contribution in [0.4, 0.5) is 0 Å². The molecule has 1 aromatic carbocycles. The molecule has 0 unspecified atom stereocenters. The molecule has 0 N–H and O–H groups in total. The zero-order chi connectivity index (χ0) is 13.8. The normalized spacial score (nSPS) is 19.1. The van der Waals surface area contributed by atoms with E-state index < -0.39 is 0 Å². The quantitative estimate of drug-likeness (QED) is 0.849. The van der Waals surface area contributed by atoms with Crippen LogP contribution in [-0.2, 0) is 6.54 Å². The molecule has 1 aromatic heterocycles. The maximum atomic E-state index is 5.34. The largest absolute Gasteiger partial charge is 0.497 e. The fraction of sp³-hybridized carbons (Fsp3) is 0.353. The summed E-state index contributed by atoms with van der Waals surface area (Å²) in [5.74, 6) is 0.940. The SMILES string of the molecule is COc1cccc([C@@H]2CCCN2Cc2cccnc2)c1. The van der Waals surface area contributed by atoms with Crippen molar-refractivity contribution in [2.24, 2.45) is 0 Å². The number of ether oxygens (including phenoxy) is 1. The van der Waals surface area contributed by atoms with E-state index in [0.717, 1.165) is 18.8 Å². The lowest BCUT2D eigenvalue weighted by molar-refractivity contribution is 0.248. The molecule has 3 rings (SSSR count). The third-order valence-electron chi connectivity index (χ3n) is 3.95. The first-order valence-corrected chi connectivity index (χ1v) is 7.14. The third-order valence-corrected chi connectivity index (χ3v) is 3.95. The van der Waals surface area contributed by atoms with Crippen molar-refractivity contribution in [2.75, 3.05) is 13.7 Å². The van der Waals surface area contributed by atoms with Crippen molar-refractivity contribution in [3.05, 3.63) is 59.9 Å². The maximum Gasteiger partial charge on any atom is 0.119 e. The van der Waals surface area contributed by atoms with Gasteiger partial charge in [0, 0.05) is 25.0 Å². The first-order valence-electron chi connectivity index (χ1n) is 7.14. The molecule has 1 saturated heterocycles. The number of aromatic nitrogens is 1. The Morgan fingerprint density at radius 2 is 2.25 bits per heavy atom. The Morgan fingerprint density at radius 3 is 3.05 bits per heavy atom. The highest BCUT2D eigenvalue weighted by atomic mass is 16.5. The molecule has 1 aliphatic rings. The molecule has 1 fully saturated rings. The number of methoxy groups -OCH3 is 1. The molecule has 0 amide bonds. The second-order valence-corrected chi connectivity index (χ2v) is 5.27. The maximum absolute atomic E-state index is 5.34. The highest BCUT2D eigenvalue weighted by molar-refractivity contribution is 5.31.